The number of hydrogen-bond acceptors (Lipinski definition) is 6. The Morgan fingerprint density at radius 1 is 1.14 bits per heavy atom. The largest absolute Gasteiger partial charge is 0.495 e. The molecule has 0 unspecified atom stereocenters. The van der Waals surface area contributed by atoms with Crippen LogP contribution in [0.4, 0.5) is 0 Å². The first kappa shape index (κ1) is 21.7. The summed E-state index contributed by atoms with van der Waals surface area (Å²) < 4.78 is 41.9. The number of carbonyl (C=O) groups excluding carboxylic acids is 1. The molecule has 0 atom stereocenters. The molecule has 0 saturated carbocycles. The summed E-state index contributed by atoms with van der Waals surface area (Å²) in [5.74, 6) is 0.245. The van der Waals surface area contributed by atoms with Crippen LogP contribution in [0.25, 0.3) is 6.08 Å². The summed E-state index contributed by atoms with van der Waals surface area (Å²) in [7, 11) is -1.01. The lowest BCUT2D eigenvalue weighted by atomic mass is 10.2. The van der Waals surface area contributed by atoms with E-state index in [9.17, 15) is 13.2 Å². The minimum atomic E-state index is -3.70. The van der Waals surface area contributed by atoms with Crippen molar-refractivity contribution in [2.75, 3.05) is 27.4 Å². The number of nitrogens with one attached hydrogen (secondary N) is 1. The Kier molecular flexibility index (Phi) is 7.86. The number of benzene rings is 2. The van der Waals surface area contributed by atoms with E-state index in [1.165, 1.54) is 38.4 Å². The van der Waals surface area contributed by atoms with E-state index in [1.54, 1.807) is 30.3 Å². The van der Waals surface area contributed by atoms with Gasteiger partial charge in [0.15, 0.2) is 0 Å². The van der Waals surface area contributed by atoms with Gasteiger partial charge in [-0.1, -0.05) is 17.7 Å². The Morgan fingerprint density at radius 2 is 1.86 bits per heavy atom. The van der Waals surface area contributed by atoms with E-state index in [0.29, 0.717) is 16.3 Å². The Morgan fingerprint density at radius 3 is 2.50 bits per heavy atom. The summed E-state index contributed by atoms with van der Waals surface area (Å²) in [6, 6.07) is 11.4. The molecule has 0 aliphatic carbocycles. The summed E-state index contributed by atoms with van der Waals surface area (Å²) in [6.07, 6.45) is 2.66. The molecule has 0 heterocycles. The quantitative estimate of drug-likeness (QED) is 0.377. The van der Waals surface area contributed by atoms with Gasteiger partial charge in [0.1, 0.15) is 29.6 Å². The summed E-state index contributed by atoms with van der Waals surface area (Å²) in [6.45, 7) is 0.252. The zero-order chi connectivity index (χ0) is 20.6. The lowest BCUT2D eigenvalue weighted by Crippen LogP contribution is -2.19. The van der Waals surface area contributed by atoms with Gasteiger partial charge >= 0.3 is 5.97 Å². The highest BCUT2D eigenvalue weighted by Crippen LogP contribution is 2.25. The summed E-state index contributed by atoms with van der Waals surface area (Å²) in [5.41, 5.74) is 0.504. The highest BCUT2D eigenvalue weighted by Gasteiger charge is 2.17. The van der Waals surface area contributed by atoms with Gasteiger partial charge < -0.3 is 14.2 Å². The van der Waals surface area contributed by atoms with Crippen molar-refractivity contribution in [2.45, 2.75) is 4.90 Å². The number of methoxy groups -OCH3 is 1. The van der Waals surface area contributed by atoms with Crippen molar-refractivity contribution in [3.8, 4) is 11.5 Å². The molecule has 0 bridgehead atoms. The van der Waals surface area contributed by atoms with Gasteiger partial charge in [-0.2, -0.15) is 0 Å². The fourth-order valence-corrected chi connectivity index (χ4v) is 3.22. The molecule has 0 fully saturated rings. The zero-order valence-corrected chi connectivity index (χ0v) is 16.9. The number of rotatable bonds is 9. The highest BCUT2D eigenvalue weighted by molar-refractivity contribution is 7.89. The fourth-order valence-electron chi connectivity index (χ4n) is 2.16. The van der Waals surface area contributed by atoms with Crippen LogP contribution in [-0.2, 0) is 19.6 Å². The monoisotopic (exact) mass is 425 g/mol. The molecule has 150 valence electrons. The van der Waals surface area contributed by atoms with Crippen LogP contribution in [-0.4, -0.2) is 41.8 Å². The van der Waals surface area contributed by atoms with Crippen molar-refractivity contribution >= 4 is 33.7 Å². The van der Waals surface area contributed by atoms with E-state index in [2.05, 4.69) is 4.72 Å². The van der Waals surface area contributed by atoms with Crippen LogP contribution in [0.1, 0.15) is 5.56 Å². The van der Waals surface area contributed by atoms with Gasteiger partial charge in [0, 0.05) is 11.1 Å². The van der Waals surface area contributed by atoms with Crippen LogP contribution in [0, 0.1) is 0 Å². The zero-order valence-electron chi connectivity index (χ0n) is 15.3. The number of halogens is 1. The molecule has 0 amide bonds. The van der Waals surface area contributed by atoms with E-state index in [0.717, 1.165) is 0 Å². The second kappa shape index (κ2) is 10.1. The molecule has 0 aromatic heterocycles. The SMILES string of the molecule is CNS(=O)(=O)c1cc(/C=C/C(=O)OCCOc2ccc(Cl)cc2)ccc1OC. The number of carbonyl (C=O) groups is 1. The van der Waals surface area contributed by atoms with E-state index < -0.39 is 16.0 Å². The van der Waals surface area contributed by atoms with Gasteiger partial charge in [-0.3, -0.25) is 0 Å². The Labute approximate surface area is 168 Å². The second-order valence-electron chi connectivity index (χ2n) is 5.42. The first-order valence-corrected chi connectivity index (χ1v) is 10.1. The maximum atomic E-state index is 12.1. The molecule has 2 aromatic carbocycles. The average Bonchev–Trinajstić information content (AvgIpc) is 2.70. The lowest BCUT2D eigenvalue weighted by Gasteiger charge is -2.09. The molecular weight excluding hydrogens is 406 g/mol. The number of hydrogen-bond donors (Lipinski definition) is 1. The van der Waals surface area contributed by atoms with Crippen LogP contribution < -0.4 is 14.2 Å². The van der Waals surface area contributed by atoms with Crippen LogP contribution in [0.5, 0.6) is 11.5 Å². The fraction of sp³-hybridized carbons (Fsp3) is 0.211. The summed E-state index contributed by atoms with van der Waals surface area (Å²) >= 11 is 5.78. The van der Waals surface area contributed by atoms with Crippen molar-refractivity contribution in [1.82, 2.24) is 4.72 Å². The number of esters is 1. The van der Waals surface area contributed by atoms with Gasteiger partial charge in [0.05, 0.1) is 7.11 Å². The normalized spacial score (nSPS) is 11.4. The molecule has 2 aromatic rings. The van der Waals surface area contributed by atoms with Crippen LogP contribution >= 0.6 is 11.6 Å². The molecule has 0 aliphatic rings. The minimum absolute atomic E-state index is 0.0237. The summed E-state index contributed by atoms with van der Waals surface area (Å²) in [5, 5.41) is 0.605. The Balaban J connectivity index is 1.91. The van der Waals surface area contributed by atoms with Crippen molar-refractivity contribution in [3.63, 3.8) is 0 Å². The predicted octanol–water partition coefficient (Wildman–Crippen LogP) is 2.89. The van der Waals surface area contributed by atoms with Crippen molar-refractivity contribution in [3.05, 3.63) is 59.1 Å². The van der Waals surface area contributed by atoms with E-state index in [-0.39, 0.29) is 23.9 Å². The first-order valence-electron chi connectivity index (χ1n) is 8.20. The minimum Gasteiger partial charge on any atom is -0.495 e. The third-order valence-corrected chi connectivity index (χ3v) is 5.26. The smallest absolute Gasteiger partial charge is 0.330 e. The average molecular weight is 426 g/mol. The van der Waals surface area contributed by atoms with E-state index >= 15 is 0 Å². The maximum Gasteiger partial charge on any atom is 0.330 e. The molecule has 0 aliphatic heterocycles. The third-order valence-electron chi connectivity index (χ3n) is 3.57. The van der Waals surface area contributed by atoms with Gasteiger partial charge in [-0.05, 0) is 55.1 Å². The highest BCUT2D eigenvalue weighted by atomic mass is 35.5. The molecule has 0 radical (unpaired) electrons. The van der Waals surface area contributed by atoms with Crippen LogP contribution in [0.2, 0.25) is 5.02 Å². The van der Waals surface area contributed by atoms with Gasteiger partial charge in [-0.25, -0.2) is 17.9 Å². The summed E-state index contributed by atoms with van der Waals surface area (Å²) in [4.78, 5) is 11.8. The molecule has 0 saturated heterocycles. The van der Waals surface area contributed by atoms with Crippen LogP contribution in [0.3, 0.4) is 0 Å². The van der Waals surface area contributed by atoms with Crippen LogP contribution in [0.15, 0.2) is 53.4 Å². The van der Waals surface area contributed by atoms with E-state index in [1.807, 2.05) is 0 Å². The predicted molar refractivity (Wildman–Crippen MR) is 106 cm³/mol. The molecule has 1 N–H and O–H groups in total. The number of ether oxygens (including phenoxy) is 3. The number of sulfonamides is 1. The third kappa shape index (κ3) is 6.26. The Hall–Kier alpha value is -2.55. The topological polar surface area (TPSA) is 90.9 Å². The molecule has 2 rings (SSSR count). The van der Waals surface area contributed by atoms with Crippen molar-refractivity contribution < 1.29 is 27.4 Å². The second-order valence-corrected chi connectivity index (χ2v) is 7.71. The van der Waals surface area contributed by atoms with E-state index in [4.69, 9.17) is 25.8 Å². The van der Waals surface area contributed by atoms with Gasteiger partial charge in [-0.15, -0.1) is 0 Å². The van der Waals surface area contributed by atoms with Crippen molar-refractivity contribution in [1.29, 1.82) is 0 Å². The molecule has 28 heavy (non-hydrogen) atoms. The molecular formula is C19H20ClNO6S. The van der Waals surface area contributed by atoms with Gasteiger partial charge in [0.25, 0.3) is 0 Å². The lowest BCUT2D eigenvalue weighted by molar-refractivity contribution is -0.138. The maximum absolute atomic E-state index is 12.1. The van der Waals surface area contributed by atoms with Gasteiger partial charge in [0.2, 0.25) is 10.0 Å². The standard InChI is InChI=1S/C19H20ClNO6S/c1-21-28(23,24)18-13-14(3-9-17(18)25-2)4-10-19(22)27-12-11-26-16-7-5-15(20)6-8-16/h3-10,13,21H,11-12H2,1-2H3/b10-4+. The first-order chi connectivity index (χ1) is 13.4. The van der Waals surface area contributed by atoms with Crippen molar-refractivity contribution in [2.24, 2.45) is 0 Å². The Bertz CT molecular complexity index is 941. The molecule has 7 nitrogen and oxygen atoms in total. The molecule has 9 heteroatoms. The molecule has 0 spiro atoms.